The Hall–Kier alpha value is -3.40. The third kappa shape index (κ3) is 3.54. The van der Waals surface area contributed by atoms with E-state index >= 15 is 0 Å². The number of rotatable bonds is 5. The fourth-order valence-corrected chi connectivity index (χ4v) is 3.47. The summed E-state index contributed by atoms with van der Waals surface area (Å²) in [4.78, 5) is 29.6. The van der Waals surface area contributed by atoms with Crippen molar-refractivity contribution < 1.29 is 9.53 Å². The molecular weight excluding hydrogens is 374 g/mol. The van der Waals surface area contributed by atoms with Crippen molar-refractivity contribution in [2.45, 2.75) is 18.9 Å². The van der Waals surface area contributed by atoms with Crippen molar-refractivity contribution >= 4 is 28.9 Å². The Kier molecular flexibility index (Phi) is 5.17. The predicted molar refractivity (Wildman–Crippen MR) is 109 cm³/mol. The summed E-state index contributed by atoms with van der Waals surface area (Å²) in [5.41, 5.74) is 0.988. The Morgan fingerprint density at radius 1 is 1.34 bits per heavy atom. The van der Waals surface area contributed by atoms with E-state index in [1.165, 1.54) is 6.20 Å². The number of pyridine rings is 1. The van der Waals surface area contributed by atoms with E-state index in [9.17, 15) is 9.59 Å². The summed E-state index contributed by atoms with van der Waals surface area (Å²) in [5.74, 6) is 0.776. The normalized spacial score (nSPS) is 16.6. The molecule has 0 aromatic carbocycles. The molecule has 29 heavy (non-hydrogen) atoms. The zero-order valence-corrected chi connectivity index (χ0v) is 16.3. The van der Waals surface area contributed by atoms with Gasteiger partial charge in [0, 0.05) is 33.0 Å². The number of carbonyl (C=O) groups is 1. The number of nitrogens with one attached hydrogen (secondary N) is 3. The Morgan fingerprint density at radius 3 is 2.93 bits per heavy atom. The van der Waals surface area contributed by atoms with E-state index in [-0.39, 0.29) is 17.5 Å². The van der Waals surface area contributed by atoms with Crippen molar-refractivity contribution in [3.05, 3.63) is 46.5 Å². The second kappa shape index (κ2) is 7.92. The van der Waals surface area contributed by atoms with Gasteiger partial charge in [0.05, 0.1) is 18.8 Å². The molecule has 4 rings (SSSR count). The highest BCUT2D eigenvalue weighted by molar-refractivity contribution is 5.99. The van der Waals surface area contributed by atoms with E-state index in [2.05, 4.69) is 26.0 Å². The van der Waals surface area contributed by atoms with Crippen molar-refractivity contribution in [3.8, 4) is 0 Å². The molecule has 152 valence electrons. The molecule has 0 spiro atoms. The molecule has 1 saturated heterocycles. The van der Waals surface area contributed by atoms with Gasteiger partial charge in [-0.15, -0.1) is 0 Å². The van der Waals surface area contributed by atoms with Crippen LogP contribution in [0.4, 0.5) is 17.3 Å². The smallest absolute Gasteiger partial charge is 0.274 e. The third-order valence-corrected chi connectivity index (χ3v) is 4.97. The Bertz CT molecular complexity index is 1100. The minimum absolute atomic E-state index is 0.0241. The van der Waals surface area contributed by atoms with Gasteiger partial charge in [0.1, 0.15) is 22.9 Å². The number of hydrogen-bond donors (Lipinski definition) is 3. The van der Waals surface area contributed by atoms with E-state index < -0.39 is 0 Å². The van der Waals surface area contributed by atoms with Gasteiger partial charge in [0.2, 0.25) is 0 Å². The molecule has 1 atom stereocenters. The van der Waals surface area contributed by atoms with Crippen molar-refractivity contribution in [1.29, 1.82) is 0 Å². The number of aromatic nitrogens is 4. The summed E-state index contributed by atoms with van der Waals surface area (Å²) in [5, 5.41) is 12.9. The number of fused-ring (bicyclic) bond motifs is 1. The number of amides is 1. The van der Waals surface area contributed by atoms with Gasteiger partial charge in [-0.2, -0.15) is 9.61 Å². The van der Waals surface area contributed by atoms with Crippen LogP contribution in [0.3, 0.4) is 0 Å². The largest absolute Gasteiger partial charge is 0.379 e. The highest BCUT2D eigenvalue weighted by Crippen LogP contribution is 2.22. The van der Waals surface area contributed by atoms with Gasteiger partial charge < -0.3 is 25.3 Å². The lowest BCUT2D eigenvalue weighted by Crippen LogP contribution is -2.31. The van der Waals surface area contributed by atoms with Gasteiger partial charge in [0.25, 0.3) is 11.5 Å². The first-order valence-corrected chi connectivity index (χ1v) is 9.47. The summed E-state index contributed by atoms with van der Waals surface area (Å²) in [6.45, 7) is 1.27. The van der Waals surface area contributed by atoms with E-state index in [1.54, 1.807) is 41.5 Å². The first kappa shape index (κ1) is 18.9. The topological polar surface area (TPSA) is 115 Å². The second-order valence-electron chi connectivity index (χ2n) is 6.78. The number of nitrogens with zero attached hydrogens (tertiary/aromatic N) is 4. The minimum atomic E-state index is -0.286. The number of anilines is 3. The van der Waals surface area contributed by atoms with Crippen molar-refractivity contribution in [2.75, 3.05) is 37.9 Å². The maximum atomic E-state index is 13.0. The van der Waals surface area contributed by atoms with Crippen LogP contribution in [0.5, 0.6) is 0 Å². The molecule has 10 heteroatoms. The zero-order chi connectivity index (χ0) is 20.4. The highest BCUT2D eigenvalue weighted by atomic mass is 16.5. The summed E-state index contributed by atoms with van der Waals surface area (Å²) in [6.07, 6.45) is 5.08. The van der Waals surface area contributed by atoms with Gasteiger partial charge in [-0.3, -0.25) is 9.59 Å². The fraction of sp³-hybridized carbons (Fsp3) is 0.368. The average molecular weight is 397 g/mol. The van der Waals surface area contributed by atoms with Crippen LogP contribution in [-0.2, 0) is 4.74 Å². The SMILES string of the molecule is CNC(=O)c1cnn2c(NC)cc(Nc3cccn([C@@H]4CCCOC4)c3=O)nc12. The van der Waals surface area contributed by atoms with Crippen molar-refractivity contribution in [1.82, 2.24) is 24.5 Å². The van der Waals surface area contributed by atoms with E-state index in [0.717, 1.165) is 19.4 Å². The molecule has 1 aliphatic rings. The molecule has 3 aromatic heterocycles. The molecule has 3 N–H and O–H groups in total. The fourth-order valence-electron chi connectivity index (χ4n) is 3.47. The molecule has 1 aliphatic heterocycles. The molecule has 0 saturated carbocycles. The monoisotopic (exact) mass is 397 g/mol. The minimum Gasteiger partial charge on any atom is -0.379 e. The number of carbonyl (C=O) groups excluding carboxylic acids is 1. The van der Waals surface area contributed by atoms with Crippen LogP contribution < -0.4 is 21.5 Å². The van der Waals surface area contributed by atoms with Crippen molar-refractivity contribution in [2.24, 2.45) is 0 Å². The first-order valence-electron chi connectivity index (χ1n) is 9.47. The van der Waals surface area contributed by atoms with Crippen LogP contribution in [0.15, 0.2) is 35.4 Å². The van der Waals surface area contributed by atoms with Gasteiger partial charge in [0.15, 0.2) is 5.65 Å². The molecule has 10 nitrogen and oxygen atoms in total. The predicted octanol–water partition coefficient (Wildman–Crippen LogP) is 1.39. The van der Waals surface area contributed by atoms with Crippen LogP contribution in [0.25, 0.3) is 5.65 Å². The molecule has 0 bridgehead atoms. The van der Waals surface area contributed by atoms with Crippen LogP contribution in [0, 0.1) is 0 Å². The standard InChI is InChI=1S/C19H23N7O3/c1-20-16-9-15(24-17-13(18(27)21-2)10-22-26(16)17)23-14-6-3-7-25(19(14)28)12-5-4-8-29-11-12/h3,6-7,9-10,12,20H,4-5,8,11H2,1-2H3,(H,21,27)(H,23,24)/t12-/m1/s1. The van der Waals surface area contributed by atoms with Gasteiger partial charge >= 0.3 is 0 Å². The molecule has 1 amide bonds. The van der Waals surface area contributed by atoms with Gasteiger partial charge in [-0.25, -0.2) is 4.98 Å². The Morgan fingerprint density at radius 2 is 2.21 bits per heavy atom. The van der Waals surface area contributed by atoms with Gasteiger partial charge in [-0.05, 0) is 25.0 Å². The van der Waals surface area contributed by atoms with Crippen LogP contribution in [0.2, 0.25) is 0 Å². The molecule has 4 heterocycles. The van der Waals surface area contributed by atoms with Gasteiger partial charge in [-0.1, -0.05) is 0 Å². The summed E-state index contributed by atoms with van der Waals surface area (Å²) in [6, 6.07) is 5.29. The summed E-state index contributed by atoms with van der Waals surface area (Å²) >= 11 is 0. The Labute approximate surface area is 166 Å². The zero-order valence-electron chi connectivity index (χ0n) is 16.3. The maximum absolute atomic E-state index is 13.0. The van der Waals surface area contributed by atoms with Crippen molar-refractivity contribution in [3.63, 3.8) is 0 Å². The summed E-state index contributed by atoms with van der Waals surface area (Å²) in [7, 11) is 3.30. The first-order chi connectivity index (χ1) is 14.1. The molecule has 0 unspecified atom stereocenters. The van der Waals surface area contributed by atoms with Crippen LogP contribution >= 0.6 is 0 Å². The lowest BCUT2D eigenvalue weighted by atomic mass is 10.1. The second-order valence-corrected chi connectivity index (χ2v) is 6.78. The molecule has 3 aromatic rings. The number of hydrogen-bond acceptors (Lipinski definition) is 7. The van der Waals surface area contributed by atoms with E-state index in [0.29, 0.717) is 35.1 Å². The Balaban J connectivity index is 1.72. The van der Waals surface area contributed by atoms with E-state index in [1.807, 2.05) is 6.07 Å². The molecule has 1 fully saturated rings. The lowest BCUT2D eigenvalue weighted by Gasteiger charge is -2.24. The average Bonchev–Trinajstić information content (AvgIpc) is 3.18. The quantitative estimate of drug-likeness (QED) is 0.596. The molecule has 0 aliphatic carbocycles. The maximum Gasteiger partial charge on any atom is 0.274 e. The summed E-state index contributed by atoms with van der Waals surface area (Å²) < 4.78 is 8.76. The third-order valence-electron chi connectivity index (χ3n) is 4.97. The van der Waals surface area contributed by atoms with Crippen LogP contribution in [-0.4, -0.2) is 52.4 Å². The van der Waals surface area contributed by atoms with E-state index in [4.69, 9.17) is 4.74 Å². The van der Waals surface area contributed by atoms with Crippen LogP contribution in [0.1, 0.15) is 29.2 Å². The molecular formula is C19H23N7O3. The highest BCUT2D eigenvalue weighted by Gasteiger charge is 2.19. The lowest BCUT2D eigenvalue weighted by molar-refractivity contribution is 0.0581. The molecule has 0 radical (unpaired) electrons. The number of ether oxygens (including phenoxy) is 1.